The van der Waals surface area contributed by atoms with Crippen LogP contribution in [0.3, 0.4) is 0 Å². The smallest absolute Gasteiger partial charge is 0.267 e. The number of benzene rings is 2. The first-order chi connectivity index (χ1) is 14.5. The minimum absolute atomic E-state index is 0.176. The second-order valence-electron chi connectivity index (χ2n) is 7.00. The normalized spacial score (nSPS) is 11.7. The van der Waals surface area contributed by atoms with Gasteiger partial charge in [0.2, 0.25) is 0 Å². The van der Waals surface area contributed by atoms with Crippen molar-refractivity contribution in [2.75, 3.05) is 18.1 Å². The summed E-state index contributed by atoms with van der Waals surface area (Å²) < 4.78 is 6.73. The van der Waals surface area contributed by atoms with Gasteiger partial charge in [0.05, 0.1) is 12.3 Å². The van der Waals surface area contributed by atoms with Crippen LogP contribution in [0.25, 0.3) is 11.3 Å². The van der Waals surface area contributed by atoms with Crippen molar-refractivity contribution in [1.82, 2.24) is 9.78 Å². The van der Waals surface area contributed by atoms with Crippen LogP contribution in [0, 0.1) is 6.92 Å². The number of likely N-dealkylation sites (N-methyl/N-ethyl adjacent to an activating group) is 1. The van der Waals surface area contributed by atoms with E-state index in [1.165, 1.54) is 10.7 Å². The second-order valence-corrected chi connectivity index (χ2v) is 7.00. The summed E-state index contributed by atoms with van der Waals surface area (Å²) in [4.78, 5) is 27.5. The molecule has 0 spiro atoms. The lowest BCUT2D eigenvalue weighted by Gasteiger charge is -2.26. The van der Waals surface area contributed by atoms with Crippen molar-refractivity contribution in [3.63, 3.8) is 0 Å². The molecule has 0 fully saturated rings. The highest BCUT2D eigenvalue weighted by Gasteiger charge is 2.25. The Bertz CT molecular complexity index is 1070. The molecular weight excluding hydrogens is 378 g/mol. The van der Waals surface area contributed by atoms with Gasteiger partial charge < -0.3 is 9.64 Å². The molecule has 6 nitrogen and oxygen atoms in total. The predicted octanol–water partition coefficient (Wildman–Crippen LogP) is 4.23. The largest absolute Gasteiger partial charge is 0.494 e. The van der Waals surface area contributed by atoms with Gasteiger partial charge in [0, 0.05) is 23.9 Å². The first-order valence-electron chi connectivity index (χ1n) is 10.2. The predicted molar refractivity (Wildman–Crippen MR) is 119 cm³/mol. The number of hydrogen-bond donors (Lipinski definition) is 0. The lowest BCUT2D eigenvalue weighted by atomic mass is 10.1. The van der Waals surface area contributed by atoms with E-state index in [0.29, 0.717) is 18.8 Å². The van der Waals surface area contributed by atoms with E-state index in [1.807, 2.05) is 69.3 Å². The highest BCUT2D eigenvalue weighted by Crippen LogP contribution is 2.23. The van der Waals surface area contributed by atoms with E-state index in [9.17, 15) is 9.59 Å². The molecule has 0 aliphatic rings. The molecule has 0 aliphatic heterocycles. The van der Waals surface area contributed by atoms with Crippen LogP contribution in [0.5, 0.6) is 5.75 Å². The molecular formula is C24H27N3O3. The van der Waals surface area contributed by atoms with E-state index >= 15 is 0 Å². The van der Waals surface area contributed by atoms with Gasteiger partial charge in [-0.1, -0.05) is 18.2 Å². The van der Waals surface area contributed by atoms with Crippen molar-refractivity contribution in [1.29, 1.82) is 0 Å². The SMILES string of the molecule is CCOc1ccc(-c2ccc(=O)n(C(C)C(=O)N(CC)c3ccccc3C)n2)cc1. The second kappa shape index (κ2) is 9.39. The van der Waals surface area contributed by atoms with Gasteiger partial charge in [-0.2, -0.15) is 5.10 Å². The third-order valence-corrected chi connectivity index (χ3v) is 5.00. The van der Waals surface area contributed by atoms with Crippen LogP contribution in [0.1, 0.15) is 32.4 Å². The quantitative estimate of drug-likeness (QED) is 0.590. The fraction of sp³-hybridized carbons (Fsp3) is 0.292. The molecule has 6 heteroatoms. The Labute approximate surface area is 176 Å². The first kappa shape index (κ1) is 21.3. The molecule has 30 heavy (non-hydrogen) atoms. The number of nitrogens with zero attached hydrogens (tertiary/aromatic N) is 3. The summed E-state index contributed by atoms with van der Waals surface area (Å²) in [5.74, 6) is 0.597. The molecule has 0 aliphatic carbocycles. The number of aromatic nitrogens is 2. The van der Waals surface area contributed by atoms with E-state index in [0.717, 1.165) is 22.6 Å². The van der Waals surface area contributed by atoms with E-state index in [4.69, 9.17) is 4.74 Å². The molecule has 0 radical (unpaired) electrons. The summed E-state index contributed by atoms with van der Waals surface area (Å²) in [6.45, 7) is 8.62. The van der Waals surface area contributed by atoms with Crippen LogP contribution in [-0.2, 0) is 4.79 Å². The maximum atomic E-state index is 13.3. The zero-order chi connectivity index (χ0) is 21.7. The number of amides is 1. The summed E-state index contributed by atoms with van der Waals surface area (Å²) in [6.07, 6.45) is 0. The van der Waals surface area contributed by atoms with Crippen molar-refractivity contribution in [3.8, 4) is 17.0 Å². The molecule has 1 amide bonds. The minimum atomic E-state index is -0.736. The molecule has 3 aromatic rings. The van der Waals surface area contributed by atoms with E-state index in [-0.39, 0.29) is 11.5 Å². The Morgan fingerprint density at radius 2 is 1.77 bits per heavy atom. The molecule has 1 atom stereocenters. The van der Waals surface area contributed by atoms with Gasteiger partial charge in [0.25, 0.3) is 11.5 Å². The lowest BCUT2D eigenvalue weighted by Crippen LogP contribution is -2.40. The Hall–Kier alpha value is -3.41. The van der Waals surface area contributed by atoms with Crippen molar-refractivity contribution < 1.29 is 9.53 Å². The zero-order valence-corrected chi connectivity index (χ0v) is 17.8. The fourth-order valence-corrected chi connectivity index (χ4v) is 3.39. The number of hydrogen-bond acceptors (Lipinski definition) is 4. The zero-order valence-electron chi connectivity index (χ0n) is 17.8. The van der Waals surface area contributed by atoms with Crippen LogP contribution in [0.2, 0.25) is 0 Å². The molecule has 3 rings (SSSR count). The maximum absolute atomic E-state index is 13.3. The maximum Gasteiger partial charge on any atom is 0.267 e. The summed E-state index contributed by atoms with van der Waals surface area (Å²) in [6, 6.07) is 17.6. The van der Waals surface area contributed by atoms with E-state index in [2.05, 4.69) is 5.10 Å². The first-order valence-corrected chi connectivity index (χ1v) is 10.2. The highest BCUT2D eigenvalue weighted by molar-refractivity contribution is 5.96. The summed E-state index contributed by atoms with van der Waals surface area (Å²) in [5.41, 5.74) is 3.00. The Kier molecular flexibility index (Phi) is 6.67. The fourth-order valence-electron chi connectivity index (χ4n) is 3.39. The minimum Gasteiger partial charge on any atom is -0.494 e. The summed E-state index contributed by atoms with van der Waals surface area (Å²) >= 11 is 0. The molecule has 1 aromatic heterocycles. The Morgan fingerprint density at radius 3 is 2.40 bits per heavy atom. The molecule has 0 saturated carbocycles. The summed E-state index contributed by atoms with van der Waals surface area (Å²) in [7, 11) is 0. The number of anilines is 1. The van der Waals surface area contributed by atoms with E-state index in [1.54, 1.807) is 17.9 Å². The van der Waals surface area contributed by atoms with Crippen molar-refractivity contribution in [2.45, 2.75) is 33.7 Å². The van der Waals surface area contributed by atoms with Gasteiger partial charge in [-0.15, -0.1) is 0 Å². The topological polar surface area (TPSA) is 64.4 Å². The molecule has 0 bridgehead atoms. The number of carbonyl (C=O) groups is 1. The highest BCUT2D eigenvalue weighted by atomic mass is 16.5. The van der Waals surface area contributed by atoms with Gasteiger partial charge in [0.1, 0.15) is 11.8 Å². The lowest BCUT2D eigenvalue weighted by molar-refractivity contribution is -0.121. The van der Waals surface area contributed by atoms with Crippen LogP contribution in [0.4, 0.5) is 5.69 Å². The molecule has 2 aromatic carbocycles. The number of aryl methyl sites for hydroxylation is 1. The average Bonchev–Trinajstić information content (AvgIpc) is 2.76. The molecule has 0 saturated heterocycles. The molecule has 1 heterocycles. The van der Waals surface area contributed by atoms with Gasteiger partial charge in [-0.3, -0.25) is 9.59 Å². The molecule has 156 valence electrons. The monoisotopic (exact) mass is 405 g/mol. The number of ether oxygens (including phenoxy) is 1. The van der Waals surface area contributed by atoms with Crippen LogP contribution >= 0.6 is 0 Å². The Morgan fingerprint density at radius 1 is 1.07 bits per heavy atom. The molecule has 1 unspecified atom stereocenters. The van der Waals surface area contributed by atoms with Gasteiger partial charge >= 0.3 is 0 Å². The van der Waals surface area contributed by atoms with Gasteiger partial charge in [-0.05, 0) is 69.7 Å². The van der Waals surface area contributed by atoms with Crippen LogP contribution in [0.15, 0.2) is 65.5 Å². The third-order valence-electron chi connectivity index (χ3n) is 5.00. The standard InChI is InChI=1S/C24H27N3O3/c1-5-26(22-10-8-7-9-17(22)3)24(29)18(4)27-23(28)16-15-21(25-27)19-11-13-20(14-12-19)30-6-2/h7-16,18H,5-6H2,1-4H3. The van der Waals surface area contributed by atoms with Crippen molar-refractivity contribution in [3.05, 3.63) is 76.6 Å². The van der Waals surface area contributed by atoms with Gasteiger partial charge in [0.15, 0.2) is 0 Å². The van der Waals surface area contributed by atoms with Crippen molar-refractivity contribution in [2.24, 2.45) is 0 Å². The summed E-state index contributed by atoms with van der Waals surface area (Å²) in [5, 5.41) is 4.49. The Balaban J connectivity index is 1.92. The van der Waals surface area contributed by atoms with Crippen molar-refractivity contribution >= 4 is 11.6 Å². The van der Waals surface area contributed by atoms with Gasteiger partial charge in [-0.25, -0.2) is 4.68 Å². The molecule has 0 N–H and O–H groups in total. The van der Waals surface area contributed by atoms with Crippen LogP contribution in [-0.4, -0.2) is 28.8 Å². The third kappa shape index (κ3) is 4.43. The number of carbonyl (C=O) groups excluding carboxylic acids is 1. The number of rotatable bonds is 7. The van der Waals surface area contributed by atoms with E-state index < -0.39 is 6.04 Å². The number of para-hydroxylation sites is 1. The van der Waals surface area contributed by atoms with Crippen LogP contribution < -0.4 is 15.2 Å². The average molecular weight is 405 g/mol.